The van der Waals surface area contributed by atoms with Crippen molar-refractivity contribution in [2.24, 2.45) is 0 Å². The molecule has 0 radical (unpaired) electrons. The molecule has 2 saturated heterocycles. The van der Waals surface area contributed by atoms with E-state index in [9.17, 15) is 10.1 Å². The van der Waals surface area contributed by atoms with Crippen LogP contribution >= 0.6 is 0 Å². The van der Waals surface area contributed by atoms with Gasteiger partial charge in [-0.1, -0.05) is 0 Å². The highest BCUT2D eigenvalue weighted by Gasteiger charge is 2.29. The SMILES string of the molecule is Nc1cc(N2CCCN3CCCC3C2)cc([N+](=O)[O-])c1. The molecular formula is C14H20N4O2. The van der Waals surface area contributed by atoms with E-state index in [0.29, 0.717) is 11.7 Å². The monoisotopic (exact) mass is 276 g/mol. The quantitative estimate of drug-likeness (QED) is 0.507. The van der Waals surface area contributed by atoms with Crippen LogP contribution in [0.4, 0.5) is 17.1 Å². The number of fused-ring (bicyclic) bond motifs is 1. The van der Waals surface area contributed by atoms with Crippen LogP contribution in [0.3, 0.4) is 0 Å². The van der Waals surface area contributed by atoms with Gasteiger partial charge >= 0.3 is 0 Å². The first-order chi connectivity index (χ1) is 9.63. The Morgan fingerprint density at radius 1 is 1.20 bits per heavy atom. The van der Waals surface area contributed by atoms with Gasteiger partial charge in [0.25, 0.3) is 5.69 Å². The smallest absolute Gasteiger partial charge is 0.273 e. The molecule has 2 heterocycles. The molecule has 108 valence electrons. The van der Waals surface area contributed by atoms with Crippen molar-refractivity contribution < 1.29 is 4.92 Å². The number of hydrogen-bond acceptors (Lipinski definition) is 5. The molecular weight excluding hydrogens is 256 g/mol. The van der Waals surface area contributed by atoms with Crippen molar-refractivity contribution in [2.75, 3.05) is 36.8 Å². The largest absolute Gasteiger partial charge is 0.398 e. The lowest BCUT2D eigenvalue weighted by molar-refractivity contribution is -0.384. The van der Waals surface area contributed by atoms with E-state index in [2.05, 4.69) is 9.80 Å². The Kier molecular flexibility index (Phi) is 3.48. The van der Waals surface area contributed by atoms with Crippen LogP contribution in [0.2, 0.25) is 0 Å². The average molecular weight is 276 g/mol. The summed E-state index contributed by atoms with van der Waals surface area (Å²) in [6.07, 6.45) is 3.58. The van der Waals surface area contributed by atoms with Gasteiger partial charge in [-0.15, -0.1) is 0 Å². The fourth-order valence-electron chi connectivity index (χ4n) is 3.35. The molecule has 3 rings (SSSR count). The average Bonchev–Trinajstić information content (AvgIpc) is 2.75. The minimum atomic E-state index is -0.375. The van der Waals surface area contributed by atoms with E-state index in [1.807, 2.05) is 6.07 Å². The van der Waals surface area contributed by atoms with E-state index in [4.69, 9.17) is 5.73 Å². The summed E-state index contributed by atoms with van der Waals surface area (Å²) >= 11 is 0. The second kappa shape index (κ2) is 5.28. The molecule has 0 spiro atoms. The molecule has 6 nitrogen and oxygen atoms in total. The third-order valence-electron chi connectivity index (χ3n) is 4.30. The number of nitrogens with two attached hydrogens (primary N) is 1. The number of non-ortho nitro benzene ring substituents is 1. The van der Waals surface area contributed by atoms with Crippen LogP contribution in [0.25, 0.3) is 0 Å². The first-order valence-corrected chi connectivity index (χ1v) is 7.17. The molecule has 2 aliphatic rings. The Balaban J connectivity index is 1.86. The van der Waals surface area contributed by atoms with Crippen LogP contribution < -0.4 is 10.6 Å². The lowest BCUT2D eigenvalue weighted by Crippen LogP contribution is -2.36. The maximum Gasteiger partial charge on any atom is 0.273 e. The number of nitrogen functional groups attached to an aromatic ring is 1. The van der Waals surface area contributed by atoms with Crippen LogP contribution in [0.1, 0.15) is 19.3 Å². The van der Waals surface area contributed by atoms with Crippen LogP contribution in [-0.2, 0) is 0 Å². The highest BCUT2D eigenvalue weighted by atomic mass is 16.6. The van der Waals surface area contributed by atoms with Crippen molar-refractivity contribution in [1.29, 1.82) is 0 Å². The molecule has 0 amide bonds. The van der Waals surface area contributed by atoms with E-state index in [-0.39, 0.29) is 10.6 Å². The van der Waals surface area contributed by atoms with E-state index in [1.54, 1.807) is 6.07 Å². The van der Waals surface area contributed by atoms with Gasteiger partial charge in [0.05, 0.1) is 4.92 Å². The predicted octanol–water partition coefficient (Wildman–Crippen LogP) is 1.85. The summed E-state index contributed by atoms with van der Waals surface area (Å²) in [7, 11) is 0. The lowest BCUT2D eigenvalue weighted by Gasteiger charge is -2.27. The summed E-state index contributed by atoms with van der Waals surface area (Å²) in [4.78, 5) is 15.4. The van der Waals surface area contributed by atoms with Crippen molar-refractivity contribution in [3.8, 4) is 0 Å². The second-order valence-corrected chi connectivity index (χ2v) is 5.67. The number of nitrogens with zero attached hydrogens (tertiary/aromatic N) is 3. The highest BCUT2D eigenvalue weighted by molar-refractivity contribution is 5.63. The molecule has 1 unspecified atom stereocenters. The van der Waals surface area contributed by atoms with Crippen molar-refractivity contribution in [3.63, 3.8) is 0 Å². The summed E-state index contributed by atoms with van der Waals surface area (Å²) in [5.74, 6) is 0. The molecule has 0 bridgehead atoms. The first kappa shape index (κ1) is 13.2. The second-order valence-electron chi connectivity index (χ2n) is 5.67. The zero-order valence-corrected chi connectivity index (χ0v) is 11.5. The van der Waals surface area contributed by atoms with Gasteiger partial charge in [0.2, 0.25) is 0 Å². The van der Waals surface area contributed by atoms with Gasteiger partial charge in [0.15, 0.2) is 0 Å². The van der Waals surface area contributed by atoms with E-state index in [1.165, 1.54) is 25.5 Å². The first-order valence-electron chi connectivity index (χ1n) is 7.17. The molecule has 1 aromatic carbocycles. The summed E-state index contributed by atoms with van der Waals surface area (Å²) in [5, 5.41) is 11.0. The lowest BCUT2D eigenvalue weighted by atomic mass is 10.2. The number of nitro benzene ring substituents is 1. The van der Waals surface area contributed by atoms with Crippen molar-refractivity contribution >= 4 is 17.1 Å². The number of hydrogen-bond donors (Lipinski definition) is 1. The summed E-state index contributed by atoms with van der Waals surface area (Å²) in [6.45, 7) is 4.20. The Hall–Kier alpha value is -1.82. The van der Waals surface area contributed by atoms with E-state index >= 15 is 0 Å². The Labute approximate surface area is 118 Å². The third kappa shape index (κ3) is 2.56. The van der Waals surface area contributed by atoms with Crippen LogP contribution in [-0.4, -0.2) is 42.0 Å². The van der Waals surface area contributed by atoms with E-state index < -0.39 is 0 Å². The fraction of sp³-hybridized carbons (Fsp3) is 0.571. The minimum Gasteiger partial charge on any atom is -0.398 e. The molecule has 0 aliphatic carbocycles. The molecule has 6 heteroatoms. The minimum absolute atomic E-state index is 0.0764. The van der Waals surface area contributed by atoms with E-state index in [0.717, 1.165) is 31.7 Å². The van der Waals surface area contributed by atoms with Gasteiger partial charge in [-0.25, -0.2) is 0 Å². The zero-order valence-electron chi connectivity index (χ0n) is 11.5. The predicted molar refractivity (Wildman–Crippen MR) is 78.9 cm³/mol. The molecule has 2 aliphatic heterocycles. The maximum absolute atomic E-state index is 11.0. The number of benzene rings is 1. The number of rotatable bonds is 2. The van der Waals surface area contributed by atoms with Gasteiger partial charge in [0.1, 0.15) is 0 Å². The zero-order chi connectivity index (χ0) is 14.1. The normalized spacial score (nSPS) is 23.4. The van der Waals surface area contributed by atoms with Gasteiger partial charge in [0, 0.05) is 49.2 Å². The van der Waals surface area contributed by atoms with Gasteiger partial charge in [-0.2, -0.15) is 0 Å². The fourth-order valence-corrected chi connectivity index (χ4v) is 3.35. The third-order valence-corrected chi connectivity index (χ3v) is 4.30. The Morgan fingerprint density at radius 2 is 2.00 bits per heavy atom. The molecule has 1 aromatic rings. The molecule has 0 aromatic heterocycles. The molecule has 1 atom stereocenters. The number of anilines is 2. The summed E-state index contributed by atoms with van der Waals surface area (Å²) in [5.41, 5.74) is 7.22. The molecule has 20 heavy (non-hydrogen) atoms. The summed E-state index contributed by atoms with van der Waals surface area (Å²) in [6, 6.07) is 5.49. The van der Waals surface area contributed by atoms with Gasteiger partial charge in [-0.3, -0.25) is 15.0 Å². The Morgan fingerprint density at radius 3 is 2.80 bits per heavy atom. The molecule has 0 saturated carbocycles. The Bertz CT molecular complexity index is 520. The highest BCUT2D eigenvalue weighted by Crippen LogP contribution is 2.29. The van der Waals surface area contributed by atoms with Crippen molar-refractivity contribution in [1.82, 2.24) is 4.90 Å². The van der Waals surface area contributed by atoms with Gasteiger partial charge in [-0.05, 0) is 31.9 Å². The van der Waals surface area contributed by atoms with Crippen LogP contribution in [0.15, 0.2) is 18.2 Å². The van der Waals surface area contributed by atoms with Crippen molar-refractivity contribution in [3.05, 3.63) is 28.3 Å². The standard InChI is InChI=1S/C14H20N4O2/c15-11-7-13(9-14(8-11)18(19)20)17-6-2-5-16-4-1-3-12(16)10-17/h7-9,12H,1-6,10,15H2. The molecule has 2 fully saturated rings. The van der Waals surface area contributed by atoms with Gasteiger partial charge < -0.3 is 10.6 Å². The van der Waals surface area contributed by atoms with Crippen LogP contribution in [0.5, 0.6) is 0 Å². The van der Waals surface area contributed by atoms with Crippen LogP contribution in [0, 0.1) is 10.1 Å². The molecule has 2 N–H and O–H groups in total. The summed E-state index contributed by atoms with van der Waals surface area (Å²) < 4.78 is 0. The number of nitro groups is 1. The topological polar surface area (TPSA) is 75.6 Å². The van der Waals surface area contributed by atoms with Crippen molar-refractivity contribution in [2.45, 2.75) is 25.3 Å². The maximum atomic E-state index is 11.0.